The van der Waals surface area contributed by atoms with Gasteiger partial charge in [0.1, 0.15) is 6.04 Å². The minimum absolute atomic E-state index is 0.490. The lowest BCUT2D eigenvalue weighted by molar-refractivity contribution is -0.138. The van der Waals surface area contributed by atoms with E-state index in [0.717, 1.165) is 19.3 Å². The van der Waals surface area contributed by atoms with Crippen LogP contribution in [0.25, 0.3) is 0 Å². The van der Waals surface area contributed by atoms with Gasteiger partial charge in [-0.2, -0.15) is 0 Å². The van der Waals surface area contributed by atoms with Crippen LogP contribution in [0.3, 0.4) is 0 Å². The first kappa shape index (κ1) is 21.4. The Labute approximate surface area is 141 Å². The van der Waals surface area contributed by atoms with Gasteiger partial charge < -0.3 is 10.8 Å². The zero-order valence-corrected chi connectivity index (χ0v) is 14.5. The molecule has 1 atom stereocenters. The van der Waals surface area contributed by atoms with Crippen molar-refractivity contribution in [3.63, 3.8) is 0 Å². The maximum absolute atomic E-state index is 10.5. The summed E-state index contributed by atoms with van der Waals surface area (Å²) in [5.74, 6) is -0.930. The summed E-state index contributed by atoms with van der Waals surface area (Å²) in [7, 11) is 0. The lowest BCUT2D eigenvalue weighted by atomic mass is 10.1. The van der Waals surface area contributed by atoms with Crippen LogP contribution >= 0.6 is 0 Å². The third kappa shape index (κ3) is 16.6. The second-order valence-electron chi connectivity index (χ2n) is 5.61. The molecule has 0 spiro atoms. The van der Waals surface area contributed by atoms with E-state index >= 15 is 0 Å². The van der Waals surface area contributed by atoms with Crippen molar-refractivity contribution in [1.82, 2.24) is 0 Å². The highest BCUT2D eigenvalue weighted by Crippen LogP contribution is 2.01. The summed E-state index contributed by atoms with van der Waals surface area (Å²) in [6, 6.07) is -0.749. The standard InChI is InChI=1S/C20H33NO2/c1-2-3-4-5-6-7-8-9-10-11-12-13-14-15-16-17-18-19(21)20(22)23/h6-7,9-10,12-13,15-16,19H,2-5,8,11,14,17-18,21H2,1H3,(H,22,23)/b7-6-,10-9-,13-12-,16-15-/t19-/m0/s1. The molecule has 3 nitrogen and oxygen atoms in total. The van der Waals surface area contributed by atoms with Crippen LogP contribution in [0.1, 0.15) is 64.7 Å². The Bertz CT molecular complexity index is 394. The summed E-state index contributed by atoms with van der Waals surface area (Å²) in [6.45, 7) is 2.23. The van der Waals surface area contributed by atoms with Gasteiger partial charge in [-0.15, -0.1) is 0 Å². The van der Waals surface area contributed by atoms with Gasteiger partial charge in [0.2, 0.25) is 0 Å². The van der Waals surface area contributed by atoms with E-state index in [0.29, 0.717) is 12.8 Å². The lowest BCUT2D eigenvalue weighted by Crippen LogP contribution is -2.29. The molecule has 0 rings (SSSR count). The molecule has 0 aromatic heterocycles. The fraction of sp³-hybridized carbons (Fsp3) is 0.550. The van der Waals surface area contributed by atoms with E-state index in [1.165, 1.54) is 25.7 Å². The Kier molecular flexibility index (Phi) is 15.6. The fourth-order valence-electron chi connectivity index (χ4n) is 1.96. The number of rotatable bonds is 14. The molecular weight excluding hydrogens is 286 g/mol. The normalized spacial score (nSPS) is 13.8. The van der Waals surface area contributed by atoms with Gasteiger partial charge >= 0.3 is 5.97 Å². The smallest absolute Gasteiger partial charge is 0.320 e. The Hall–Kier alpha value is -1.61. The molecule has 0 saturated heterocycles. The third-order valence-electron chi connectivity index (χ3n) is 3.42. The maximum Gasteiger partial charge on any atom is 0.320 e. The third-order valence-corrected chi connectivity index (χ3v) is 3.42. The topological polar surface area (TPSA) is 63.3 Å². The summed E-state index contributed by atoms with van der Waals surface area (Å²) in [5, 5.41) is 8.64. The van der Waals surface area contributed by atoms with Crippen molar-refractivity contribution in [2.24, 2.45) is 5.73 Å². The highest BCUT2D eigenvalue weighted by molar-refractivity contribution is 5.72. The number of hydrogen-bond donors (Lipinski definition) is 2. The van der Waals surface area contributed by atoms with E-state index in [1.54, 1.807) is 0 Å². The average molecular weight is 319 g/mol. The molecule has 0 aliphatic rings. The van der Waals surface area contributed by atoms with E-state index in [9.17, 15) is 4.79 Å². The van der Waals surface area contributed by atoms with E-state index < -0.39 is 12.0 Å². The lowest BCUT2D eigenvalue weighted by Gasteiger charge is -2.01. The van der Waals surface area contributed by atoms with E-state index in [2.05, 4.69) is 43.4 Å². The molecule has 0 unspecified atom stereocenters. The number of aliphatic carboxylic acids is 1. The highest BCUT2D eigenvalue weighted by atomic mass is 16.4. The molecule has 0 aromatic carbocycles. The highest BCUT2D eigenvalue weighted by Gasteiger charge is 2.08. The summed E-state index contributed by atoms with van der Waals surface area (Å²) < 4.78 is 0. The molecular formula is C20H33NO2. The van der Waals surface area contributed by atoms with Gasteiger partial charge in [-0.05, 0) is 44.9 Å². The first-order chi connectivity index (χ1) is 11.2. The number of allylic oxidation sites excluding steroid dienone is 8. The molecule has 0 aliphatic heterocycles. The number of carboxylic acid groups (broad SMARTS) is 1. The van der Waals surface area contributed by atoms with Crippen molar-refractivity contribution >= 4 is 5.97 Å². The predicted molar refractivity (Wildman–Crippen MR) is 99.4 cm³/mol. The maximum atomic E-state index is 10.5. The van der Waals surface area contributed by atoms with Crippen LogP contribution < -0.4 is 5.73 Å². The van der Waals surface area contributed by atoms with Crippen LogP contribution in [0.2, 0.25) is 0 Å². The minimum Gasteiger partial charge on any atom is -0.480 e. The van der Waals surface area contributed by atoms with E-state index in [-0.39, 0.29) is 0 Å². The largest absolute Gasteiger partial charge is 0.480 e. The molecule has 0 radical (unpaired) electrons. The first-order valence-corrected chi connectivity index (χ1v) is 8.76. The molecule has 0 amide bonds. The van der Waals surface area contributed by atoms with Crippen molar-refractivity contribution < 1.29 is 9.90 Å². The van der Waals surface area contributed by atoms with Gasteiger partial charge in [0.15, 0.2) is 0 Å². The summed E-state index contributed by atoms with van der Waals surface area (Å²) in [6.07, 6.45) is 26.4. The monoisotopic (exact) mass is 319 g/mol. The number of hydrogen-bond acceptors (Lipinski definition) is 2. The van der Waals surface area contributed by atoms with Gasteiger partial charge in [-0.25, -0.2) is 0 Å². The summed E-state index contributed by atoms with van der Waals surface area (Å²) in [5.41, 5.74) is 5.42. The SMILES string of the molecule is CCCCC/C=C\C/C=C\C/C=C\C/C=C\CC[C@H](N)C(=O)O. The number of unbranched alkanes of at least 4 members (excludes halogenated alkanes) is 3. The Morgan fingerprint density at radius 2 is 1.35 bits per heavy atom. The molecule has 0 saturated carbocycles. The van der Waals surface area contributed by atoms with Crippen molar-refractivity contribution in [3.05, 3.63) is 48.6 Å². The fourth-order valence-corrected chi connectivity index (χ4v) is 1.96. The van der Waals surface area contributed by atoms with Crippen molar-refractivity contribution in [3.8, 4) is 0 Å². The quantitative estimate of drug-likeness (QED) is 0.343. The number of carboxylic acids is 1. The molecule has 130 valence electrons. The van der Waals surface area contributed by atoms with Crippen molar-refractivity contribution in [2.75, 3.05) is 0 Å². The summed E-state index contributed by atoms with van der Waals surface area (Å²) >= 11 is 0. The molecule has 3 N–H and O–H groups in total. The van der Waals surface area contributed by atoms with E-state index in [1.807, 2.05) is 12.2 Å². The first-order valence-electron chi connectivity index (χ1n) is 8.76. The van der Waals surface area contributed by atoms with E-state index in [4.69, 9.17) is 10.8 Å². The Balaban J connectivity index is 3.49. The van der Waals surface area contributed by atoms with Crippen LogP contribution in [0, 0.1) is 0 Å². The van der Waals surface area contributed by atoms with Crippen molar-refractivity contribution in [1.29, 1.82) is 0 Å². The molecule has 0 heterocycles. The minimum atomic E-state index is -0.930. The molecule has 0 fully saturated rings. The van der Waals surface area contributed by atoms with Gasteiger partial charge in [0.25, 0.3) is 0 Å². The zero-order valence-electron chi connectivity index (χ0n) is 14.5. The number of carbonyl (C=O) groups is 1. The van der Waals surface area contributed by atoms with Crippen LogP contribution in [0.5, 0.6) is 0 Å². The Morgan fingerprint density at radius 3 is 1.83 bits per heavy atom. The van der Waals surface area contributed by atoms with Gasteiger partial charge in [-0.1, -0.05) is 68.4 Å². The molecule has 0 bridgehead atoms. The van der Waals surface area contributed by atoms with Gasteiger partial charge in [0.05, 0.1) is 0 Å². The molecule has 3 heteroatoms. The second-order valence-corrected chi connectivity index (χ2v) is 5.61. The second kappa shape index (κ2) is 16.8. The van der Waals surface area contributed by atoms with Crippen LogP contribution in [0.4, 0.5) is 0 Å². The van der Waals surface area contributed by atoms with Crippen LogP contribution in [-0.2, 0) is 4.79 Å². The van der Waals surface area contributed by atoms with Gasteiger partial charge in [-0.3, -0.25) is 4.79 Å². The Morgan fingerprint density at radius 1 is 0.870 bits per heavy atom. The van der Waals surface area contributed by atoms with Gasteiger partial charge in [0, 0.05) is 0 Å². The average Bonchev–Trinajstić information content (AvgIpc) is 2.54. The van der Waals surface area contributed by atoms with Crippen LogP contribution in [0.15, 0.2) is 48.6 Å². The molecule has 0 aliphatic carbocycles. The predicted octanol–water partition coefficient (Wildman–Crippen LogP) is 5.15. The van der Waals surface area contributed by atoms with Crippen molar-refractivity contribution in [2.45, 2.75) is 70.8 Å². The summed E-state index contributed by atoms with van der Waals surface area (Å²) in [4.78, 5) is 10.5. The molecule has 0 aromatic rings. The number of nitrogens with two attached hydrogens (primary N) is 1. The zero-order chi connectivity index (χ0) is 17.2. The molecule has 23 heavy (non-hydrogen) atoms. The van der Waals surface area contributed by atoms with Crippen LogP contribution in [-0.4, -0.2) is 17.1 Å².